The quantitative estimate of drug-likeness (QED) is 0.0891. The maximum Gasteiger partial charge on any atom is 0.121 e. The van der Waals surface area contributed by atoms with Gasteiger partial charge in [-0.3, -0.25) is 0 Å². The summed E-state index contributed by atoms with van der Waals surface area (Å²) in [5.41, 5.74) is 18.9. The second-order valence-corrected chi connectivity index (χ2v) is 10.0. The molecule has 0 spiro atoms. The highest BCUT2D eigenvalue weighted by molar-refractivity contribution is 5.87. The Labute approximate surface area is 246 Å². The lowest BCUT2D eigenvalue weighted by molar-refractivity contribution is 0.721. The molecule has 0 unspecified atom stereocenters. The van der Waals surface area contributed by atoms with Gasteiger partial charge in [-0.2, -0.15) is 0 Å². The Morgan fingerprint density at radius 1 is 0.690 bits per heavy atom. The topological polar surface area (TPSA) is 86.0 Å². The van der Waals surface area contributed by atoms with E-state index in [2.05, 4.69) is 141 Å². The van der Waals surface area contributed by atoms with Crippen LogP contribution in [0.25, 0.3) is 33.0 Å². The van der Waals surface area contributed by atoms with E-state index in [1.807, 2.05) is 23.9 Å². The molecule has 2 aliphatic heterocycles. The summed E-state index contributed by atoms with van der Waals surface area (Å²) in [6.07, 6.45) is 0. The zero-order valence-corrected chi connectivity index (χ0v) is 24.2. The van der Waals surface area contributed by atoms with Gasteiger partial charge >= 0.3 is 0 Å². The van der Waals surface area contributed by atoms with E-state index in [1.165, 1.54) is 40.7 Å². The average molecular weight is 553 g/mol. The number of benzene rings is 4. The van der Waals surface area contributed by atoms with E-state index in [1.54, 1.807) is 0 Å². The molecule has 0 saturated carbocycles. The molecule has 0 aliphatic carbocycles. The molecular weight excluding hydrogens is 520 g/mol. The molecule has 0 atom stereocenters. The van der Waals surface area contributed by atoms with Gasteiger partial charge in [0.05, 0.1) is 11.4 Å². The summed E-state index contributed by atoms with van der Waals surface area (Å²) < 4.78 is 1.87. The third-order valence-corrected chi connectivity index (χ3v) is 7.24. The monoisotopic (exact) mass is 552 g/mol. The van der Waals surface area contributed by atoms with Crippen molar-refractivity contribution in [3.63, 3.8) is 0 Å². The Kier molecular flexibility index (Phi) is 8.53. The second kappa shape index (κ2) is 12.8. The zero-order chi connectivity index (χ0) is 29.5. The lowest BCUT2D eigenvalue weighted by Gasteiger charge is -2.26. The van der Waals surface area contributed by atoms with Crippen molar-refractivity contribution in [3.05, 3.63) is 130 Å². The predicted molar refractivity (Wildman–Crippen MR) is 170 cm³/mol. The normalized spacial score (nSPS) is 12.0. The van der Waals surface area contributed by atoms with Crippen LogP contribution in [-0.4, -0.2) is 36.1 Å². The molecule has 5 aromatic rings. The van der Waals surface area contributed by atoms with Crippen LogP contribution in [0.15, 0.2) is 102 Å². The summed E-state index contributed by atoms with van der Waals surface area (Å²) in [5, 5.41) is 11.6. The summed E-state index contributed by atoms with van der Waals surface area (Å²) in [6.45, 7) is 1.77. The van der Waals surface area contributed by atoms with Crippen molar-refractivity contribution in [3.8, 4) is 34.4 Å². The first kappa shape index (κ1) is 28.0. The number of aryl methyl sites for hydroxylation is 1. The Bertz CT molecular complexity index is 1820. The molecule has 0 radical (unpaired) electrons. The van der Waals surface area contributed by atoms with Crippen molar-refractivity contribution in [2.75, 3.05) is 30.9 Å². The van der Waals surface area contributed by atoms with Gasteiger partial charge in [0.2, 0.25) is 0 Å². The van der Waals surface area contributed by atoms with Gasteiger partial charge in [-0.25, -0.2) is 4.68 Å². The lowest BCUT2D eigenvalue weighted by atomic mass is 9.96. The van der Waals surface area contributed by atoms with Crippen molar-refractivity contribution in [2.45, 2.75) is 13.1 Å². The number of para-hydroxylation sites is 2. The highest BCUT2D eigenvalue weighted by atomic mass is 15.4. The second-order valence-electron chi connectivity index (χ2n) is 10.0. The van der Waals surface area contributed by atoms with Crippen LogP contribution >= 0.6 is 0 Å². The predicted octanol–water partition coefficient (Wildman–Crippen LogP) is 7.06. The number of nitrogens with zero attached hydrogens (tertiary/aromatic N) is 8. The Balaban J connectivity index is 0.000000152. The van der Waals surface area contributed by atoms with Gasteiger partial charge < -0.3 is 9.80 Å². The number of fused-ring (bicyclic) bond motifs is 7. The molecule has 208 valence electrons. The molecule has 0 saturated heterocycles. The first-order chi connectivity index (χ1) is 20.5. The minimum Gasteiger partial charge on any atom is -0.370 e. The fourth-order valence-corrected chi connectivity index (χ4v) is 5.24. The number of rotatable bonds is 0. The standard InChI is InChI=1S/C17H16N4.C16H13N.CH3N3/c1-20-11-12-7-3-4-8-13(12)16-17(21(2)19-18-16)14-9-5-6-10-15(14)20;1-17-12-15-8-3-2-6-13(15)10-11-14-7-4-5-9-16(14)17;1-3-4-2/h3-10H,11H2,1-2H3;2-9H,12H2,1H3;1H3. The van der Waals surface area contributed by atoms with Gasteiger partial charge in [0.1, 0.15) is 5.69 Å². The highest BCUT2D eigenvalue weighted by Gasteiger charge is 2.23. The van der Waals surface area contributed by atoms with Gasteiger partial charge in [-0.05, 0) is 40.9 Å². The number of azide groups is 1. The summed E-state index contributed by atoms with van der Waals surface area (Å²) in [7, 11) is 7.58. The molecule has 8 heteroatoms. The van der Waals surface area contributed by atoms with Gasteiger partial charge in [0, 0.05) is 74.1 Å². The summed E-state index contributed by atoms with van der Waals surface area (Å²) >= 11 is 0. The van der Waals surface area contributed by atoms with Crippen molar-refractivity contribution in [1.29, 1.82) is 0 Å². The average Bonchev–Trinajstić information content (AvgIpc) is 3.40. The smallest absolute Gasteiger partial charge is 0.121 e. The molecule has 0 fully saturated rings. The van der Waals surface area contributed by atoms with Gasteiger partial charge in [-0.15, -0.1) is 5.10 Å². The van der Waals surface area contributed by atoms with E-state index in [0.29, 0.717) is 0 Å². The zero-order valence-electron chi connectivity index (χ0n) is 24.2. The Hall–Kier alpha value is -5.51. The molecule has 42 heavy (non-hydrogen) atoms. The van der Waals surface area contributed by atoms with Crippen LogP contribution in [0.2, 0.25) is 0 Å². The van der Waals surface area contributed by atoms with Crippen molar-refractivity contribution in [1.82, 2.24) is 15.0 Å². The molecule has 1 aromatic heterocycles. The highest BCUT2D eigenvalue weighted by Crippen LogP contribution is 2.39. The van der Waals surface area contributed by atoms with Crippen LogP contribution in [0.1, 0.15) is 22.3 Å². The van der Waals surface area contributed by atoms with Crippen molar-refractivity contribution in [2.24, 2.45) is 12.2 Å². The van der Waals surface area contributed by atoms with Crippen LogP contribution in [0, 0.1) is 11.8 Å². The number of anilines is 2. The van der Waals surface area contributed by atoms with Crippen LogP contribution in [0.3, 0.4) is 0 Å². The minimum atomic E-state index is 0.864. The summed E-state index contributed by atoms with van der Waals surface area (Å²) in [4.78, 5) is 6.89. The molecule has 2 aliphatic rings. The van der Waals surface area contributed by atoms with E-state index in [0.717, 1.165) is 35.6 Å². The number of aromatic nitrogens is 3. The summed E-state index contributed by atoms with van der Waals surface area (Å²) in [5.74, 6) is 6.53. The van der Waals surface area contributed by atoms with Crippen LogP contribution in [-0.2, 0) is 20.1 Å². The Morgan fingerprint density at radius 3 is 1.95 bits per heavy atom. The summed E-state index contributed by atoms with van der Waals surface area (Å²) in [6, 6.07) is 33.5. The molecular formula is C34H32N8. The third-order valence-electron chi connectivity index (χ3n) is 7.24. The van der Waals surface area contributed by atoms with Crippen LogP contribution in [0.4, 0.5) is 11.4 Å². The molecule has 7 rings (SSSR count). The van der Waals surface area contributed by atoms with Crippen molar-refractivity contribution >= 4 is 11.4 Å². The maximum absolute atomic E-state index is 7.33. The Morgan fingerprint density at radius 2 is 1.21 bits per heavy atom. The molecule has 0 N–H and O–H groups in total. The van der Waals surface area contributed by atoms with E-state index in [9.17, 15) is 0 Å². The van der Waals surface area contributed by atoms with Crippen LogP contribution in [0.5, 0.6) is 0 Å². The first-order valence-electron chi connectivity index (χ1n) is 13.6. The van der Waals surface area contributed by atoms with E-state index in [4.69, 9.17) is 5.53 Å². The first-order valence-corrected chi connectivity index (χ1v) is 13.6. The van der Waals surface area contributed by atoms with Crippen LogP contribution < -0.4 is 9.80 Å². The molecule has 0 bridgehead atoms. The van der Waals surface area contributed by atoms with Gasteiger partial charge in [0.25, 0.3) is 0 Å². The molecule has 3 heterocycles. The lowest BCUT2D eigenvalue weighted by Crippen LogP contribution is -2.19. The minimum absolute atomic E-state index is 0.864. The van der Waals surface area contributed by atoms with E-state index >= 15 is 0 Å². The largest absolute Gasteiger partial charge is 0.370 e. The van der Waals surface area contributed by atoms with Crippen molar-refractivity contribution < 1.29 is 0 Å². The SMILES string of the molecule is CN1Cc2ccccc2-c2nnn(C)c2-c2ccccc21.CN1Cc2ccccc2C#Cc2ccccc21.CN=[N+]=[N-]. The fourth-order valence-electron chi connectivity index (χ4n) is 5.24. The fraction of sp³-hybridized carbons (Fsp3) is 0.176. The molecule has 0 amide bonds. The number of hydrogen-bond acceptors (Lipinski definition) is 5. The van der Waals surface area contributed by atoms with Gasteiger partial charge in [-0.1, -0.05) is 95.0 Å². The number of hydrogen-bond donors (Lipinski definition) is 0. The van der Waals surface area contributed by atoms with Gasteiger partial charge in [0.15, 0.2) is 0 Å². The third kappa shape index (κ3) is 5.83. The van der Waals surface area contributed by atoms with E-state index in [-0.39, 0.29) is 0 Å². The van der Waals surface area contributed by atoms with E-state index < -0.39 is 0 Å². The maximum atomic E-state index is 7.33. The molecule has 8 nitrogen and oxygen atoms in total. The molecule has 4 aromatic carbocycles.